The highest BCUT2D eigenvalue weighted by molar-refractivity contribution is 6.44. The quantitative estimate of drug-likeness (QED) is 0.465. The molecular weight excluding hydrogens is 480 g/mol. The normalized spacial score (nSPS) is 21.1. The molecule has 2 amide bonds. The second-order valence-corrected chi connectivity index (χ2v) is 11.5. The first-order valence-electron chi connectivity index (χ1n) is 13.7. The van der Waals surface area contributed by atoms with Crippen LogP contribution in [-0.4, -0.2) is 52.1 Å². The summed E-state index contributed by atoms with van der Waals surface area (Å²) >= 11 is 0. The fraction of sp³-hybridized carbons (Fsp3) is 0.533. The number of aliphatic hydroxyl groups excluding tert-OH is 1. The molecule has 204 valence electrons. The van der Waals surface area contributed by atoms with Gasteiger partial charge < -0.3 is 15.3 Å². The summed E-state index contributed by atoms with van der Waals surface area (Å²) in [6.45, 7) is 14.9. The minimum atomic E-state index is -0.566. The van der Waals surface area contributed by atoms with Gasteiger partial charge in [-0.25, -0.2) is 5.01 Å². The maximum absolute atomic E-state index is 13.5. The summed E-state index contributed by atoms with van der Waals surface area (Å²) in [5, 5.41) is 19.9. The Bertz CT molecular complexity index is 1260. The van der Waals surface area contributed by atoms with Crippen LogP contribution in [-0.2, 0) is 14.4 Å². The minimum Gasteiger partial charge on any atom is -0.506 e. The molecule has 0 bridgehead atoms. The number of Topliss-reactive ketones (excluding diaryl/α,β-unsaturated/α-hetero) is 1. The predicted octanol–water partition coefficient (Wildman–Crippen LogP) is 5.46. The van der Waals surface area contributed by atoms with Crippen LogP contribution in [0.5, 0.6) is 0 Å². The van der Waals surface area contributed by atoms with E-state index in [2.05, 4.69) is 29.2 Å². The average Bonchev–Trinajstić information content (AvgIpc) is 3.50. The number of anilines is 2. The Kier molecular flexibility index (Phi) is 7.55. The number of hydrazone groups is 1. The third-order valence-corrected chi connectivity index (χ3v) is 8.01. The molecule has 1 aromatic carbocycles. The zero-order valence-electron chi connectivity index (χ0n) is 23.6. The van der Waals surface area contributed by atoms with Gasteiger partial charge in [0.05, 0.1) is 33.7 Å². The number of hydrogen-bond donors (Lipinski definition) is 2. The first kappa shape index (κ1) is 27.6. The van der Waals surface area contributed by atoms with Crippen molar-refractivity contribution in [2.45, 2.75) is 79.7 Å². The van der Waals surface area contributed by atoms with Gasteiger partial charge in [-0.15, -0.1) is 0 Å². The number of aliphatic hydroxyl groups is 1. The van der Waals surface area contributed by atoms with Crippen molar-refractivity contribution in [3.05, 3.63) is 40.7 Å². The number of rotatable bonds is 7. The summed E-state index contributed by atoms with van der Waals surface area (Å²) in [6, 6.07) is 5.54. The Labute approximate surface area is 225 Å². The molecule has 2 N–H and O–H groups in total. The lowest BCUT2D eigenvalue weighted by atomic mass is 9.79. The highest BCUT2D eigenvalue weighted by atomic mass is 16.3. The van der Waals surface area contributed by atoms with E-state index in [0.717, 1.165) is 44.5 Å². The fourth-order valence-corrected chi connectivity index (χ4v) is 5.69. The van der Waals surface area contributed by atoms with E-state index in [1.54, 1.807) is 13.0 Å². The molecule has 2 aliphatic carbocycles. The molecule has 1 fully saturated rings. The van der Waals surface area contributed by atoms with Gasteiger partial charge in [0.2, 0.25) is 11.7 Å². The average molecular weight is 521 g/mol. The van der Waals surface area contributed by atoms with Gasteiger partial charge in [0.15, 0.2) is 0 Å². The smallest absolute Gasteiger partial charge is 0.277 e. The molecule has 1 aliphatic heterocycles. The molecule has 1 saturated carbocycles. The van der Waals surface area contributed by atoms with Crippen molar-refractivity contribution < 1.29 is 19.5 Å². The second kappa shape index (κ2) is 10.4. The number of benzene rings is 1. The standard InChI is InChI=1S/C30H40N4O4/c1-8-33(9-2)20-14-15-21(22(16-20)31-28(37)17(3)19-12-10-11-13-19)24-26(35)25(27(24)36)23-18(4)32-34(29(23)38)30(5,6)7/h14-17,19,35H,8-13H2,1-7H3,(H,31,37). The summed E-state index contributed by atoms with van der Waals surface area (Å²) in [5.41, 5.74) is 1.92. The first-order valence-corrected chi connectivity index (χ1v) is 13.7. The van der Waals surface area contributed by atoms with Gasteiger partial charge in [-0.05, 0) is 78.5 Å². The van der Waals surface area contributed by atoms with E-state index in [-0.39, 0.29) is 34.3 Å². The number of nitrogens with zero attached hydrogens (tertiary/aromatic N) is 3. The third kappa shape index (κ3) is 4.76. The lowest BCUT2D eigenvalue weighted by Crippen LogP contribution is -2.40. The number of hydrogen-bond acceptors (Lipinski definition) is 6. The van der Waals surface area contributed by atoms with Crippen LogP contribution in [0.1, 0.15) is 79.7 Å². The van der Waals surface area contributed by atoms with Crippen LogP contribution in [0.4, 0.5) is 11.4 Å². The van der Waals surface area contributed by atoms with Crippen molar-refractivity contribution in [1.29, 1.82) is 0 Å². The molecule has 8 nitrogen and oxygen atoms in total. The molecule has 1 heterocycles. The first-order chi connectivity index (χ1) is 17.9. The van der Waals surface area contributed by atoms with Crippen molar-refractivity contribution in [2.24, 2.45) is 16.9 Å². The van der Waals surface area contributed by atoms with Crippen LogP contribution in [0.15, 0.2) is 40.2 Å². The zero-order chi connectivity index (χ0) is 27.9. The number of allylic oxidation sites excluding steroid dienone is 2. The van der Waals surface area contributed by atoms with Gasteiger partial charge >= 0.3 is 0 Å². The van der Waals surface area contributed by atoms with E-state index >= 15 is 0 Å². The van der Waals surface area contributed by atoms with E-state index in [0.29, 0.717) is 22.9 Å². The molecule has 0 radical (unpaired) electrons. The van der Waals surface area contributed by atoms with Crippen LogP contribution in [0, 0.1) is 11.8 Å². The van der Waals surface area contributed by atoms with Gasteiger partial charge in [-0.3, -0.25) is 14.4 Å². The summed E-state index contributed by atoms with van der Waals surface area (Å²) in [7, 11) is 0. The topological polar surface area (TPSA) is 102 Å². The van der Waals surface area contributed by atoms with Gasteiger partial charge in [-0.1, -0.05) is 19.8 Å². The summed E-state index contributed by atoms with van der Waals surface area (Å²) in [4.78, 5) is 42.1. The Morgan fingerprint density at radius 3 is 2.29 bits per heavy atom. The Morgan fingerprint density at radius 2 is 1.76 bits per heavy atom. The molecular formula is C30H40N4O4. The van der Waals surface area contributed by atoms with E-state index in [9.17, 15) is 19.5 Å². The predicted molar refractivity (Wildman–Crippen MR) is 151 cm³/mol. The van der Waals surface area contributed by atoms with Crippen LogP contribution in [0.3, 0.4) is 0 Å². The Morgan fingerprint density at radius 1 is 1.13 bits per heavy atom. The van der Waals surface area contributed by atoms with Crippen molar-refractivity contribution in [1.82, 2.24) is 5.01 Å². The molecule has 8 heteroatoms. The molecule has 0 saturated heterocycles. The van der Waals surface area contributed by atoms with E-state index in [1.165, 1.54) is 5.01 Å². The Hall–Kier alpha value is -3.42. The maximum Gasteiger partial charge on any atom is 0.277 e. The molecule has 3 aliphatic rings. The second-order valence-electron chi connectivity index (χ2n) is 11.5. The molecule has 1 atom stereocenters. The molecule has 0 aromatic heterocycles. The van der Waals surface area contributed by atoms with Crippen molar-refractivity contribution in [3.8, 4) is 0 Å². The van der Waals surface area contributed by atoms with E-state index < -0.39 is 17.2 Å². The number of nitrogens with one attached hydrogen (secondary N) is 1. The zero-order valence-corrected chi connectivity index (χ0v) is 23.6. The van der Waals surface area contributed by atoms with Crippen LogP contribution in [0.25, 0.3) is 5.57 Å². The van der Waals surface area contributed by atoms with Crippen LogP contribution >= 0.6 is 0 Å². The third-order valence-electron chi connectivity index (χ3n) is 8.01. The van der Waals surface area contributed by atoms with E-state index in [1.807, 2.05) is 39.8 Å². The van der Waals surface area contributed by atoms with Crippen molar-refractivity contribution in [3.63, 3.8) is 0 Å². The molecule has 0 spiro atoms. The van der Waals surface area contributed by atoms with Gasteiger partial charge in [0, 0.05) is 30.3 Å². The van der Waals surface area contributed by atoms with Gasteiger partial charge in [-0.2, -0.15) is 5.10 Å². The highest BCUT2D eigenvalue weighted by Gasteiger charge is 2.45. The summed E-state index contributed by atoms with van der Waals surface area (Å²) in [5.74, 6) is -0.960. The number of ketones is 1. The van der Waals surface area contributed by atoms with Crippen LogP contribution in [0.2, 0.25) is 0 Å². The SMILES string of the molecule is CCN(CC)c1ccc(C2=C(O)C(=C3C(=O)N(C(C)(C)C)N=C3C)C2=O)c(NC(=O)C(C)C2CCCC2)c1. The largest absolute Gasteiger partial charge is 0.506 e. The molecule has 1 aromatic rings. The lowest BCUT2D eigenvalue weighted by molar-refractivity contribution is -0.130. The lowest BCUT2D eigenvalue weighted by Gasteiger charge is -2.29. The number of carbonyl (C=O) groups excluding carboxylic acids is 3. The monoisotopic (exact) mass is 520 g/mol. The number of amides is 2. The van der Waals surface area contributed by atoms with Gasteiger partial charge in [0.1, 0.15) is 5.76 Å². The van der Waals surface area contributed by atoms with Crippen LogP contribution < -0.4 is 10.2 Å². The number of carbonyl (C=O) groups is 3. The molecule has 4 rings (SSSR count). The minimum absolute atomic E-state index is 0.0116. The summed E-state index contributed by atoms with van der Waals surface area (Å²) < 4.78 is 0. The van der Waals surface area contributed by atoms with E-state index in [4.69, 9.17) is 0 Å². The van der Waals surface area contributed by atoms with Crippen molar-refractivity contribution >= 4 is 40.3 Å². The maximum atomic E-state index is 13.5. The molecule has 1 unspecified atom stereocenters. The highest BCUT2D eigenvalue weighted by Crippen LogP contribution is 2.43. The Balaban J connectivity index is 1.75. The van der Waals surface area contributed by atoms with Crippen molar-refractivity contribution in [2.75, 3.05) is 23.3 Å². The summed E-state index contributed by atoms with van der Waals surface area (Å²) in [6.07, 6.45) is 4.38. The fourth-order valence-electron chi connectivity index (χ4n) is 5.69. The molecule has 38 heavy (non-hydrogen) atoms. The van der Waals surface area contributed by atoms with Gasteiger partial charge in [0.25, 0.3) is 5.91 Å².